The molecular weight excluding hydrogens is 640 g/mol. The molecule has 0 aromatic heterocycles. The number of carbonyl (C=O) groups excluding carboxylic acids is 2. The SMILES string of the molecule is COc1cc(O)c2c(c1)O[C@H](c1cc(OC)c(OC)c(-c3c(OC)cc(O)c4c3O[C@H](c3cc(OC)c(O)c(OC)c3)CC4=O)c1)CC2=O. The Morgan fingerprint density at radius 2 is 1.12 bits per heavy atom. The molecule has 49 heavy (non-hydrogen) atoms. The lowest BCUT2D eigenvalue weighted by Crippen LogP contribution is -2.22. The minimum atomic E-state index is -0.900. The molecule has 0 aliphatic carbocycles. The van der Waals surface area contributed by atoms with Crippen LogP contribution in [0.25, 0.3) is 11.1 Å². The van der Waals surface area contributed by atoms with Gasteiger partial charge in [0.05, 0.1) is 61.1 Å². The molecule has 0 fully saturated rings. The number of hydrogen-bond donors (Lipinski definition) is 3. The van der Waals surface area contributed by atoms with Crippen molar-refractivity contribution >= 4 is 11.6 Å². The molecule has 2 atom stereocenters. The summed E-state index contributed by atoms with van der Waals surface area (Å²) in [5.74, 6) is -0.283. The molecule has 256 valence electrons. The molecule has 0 saturated heterocycles. The molecule has 0 radical (unpaired) electrons. The number of aromatic hydroxyl groups is 3. The van der Waals surface area contributed by atoms with E-state index in [4.69, 9.17) is 37.9 Å². The molecule has 0 saturated carbocycles. The van der Waals surface area contributed by atoms with Crippen molar-refractivity contribution in [1.29, 1.82) is 0 Å². The first-order chi connectivity index (χ1) is 23.6. The summed E-state index contributed by atoms with van der Waals surface area (Å²) < 4.78 is 45.9. The topological polar surface area (TPSA) is 169 Å². The smallest absolute Gasteiger partial charge is 0.200 e. The lowest BCUT2D eigenvalue weighted by atomic mass is 9.88. The third-order valence-electron chi connectivity index (χ3n) is 8.58. The lowest BCUT2D eigenvalue weighted by Gasteiger charge is -2.30. The fraction of sp³-hybridized carbons (Fsp3) is 0.278. The highest BCUT2D eigenvalue weighted by Crippen LogP contribution is 2.55. The van der Waals surface area contributed by atoms with E-state index in [-0.39, 0.29) is 92.8 Å². The predicted molar refractivity (Wildman–Crippen MR) is 174 cm³/mol. The van der Waals surface area contributed by atoms with Crippen molar-refractivity contribution in [3.63, 3.8) is 0 Å². The van der Waals surface area contributed by atoms with Gasteiger partial charge in [0.25, 0.3) is 0 Å². The minimum Gasteiger partial charge on any atom is -0.507 e. The van der Waals surface area contributed by atoms with Crippen molar-refractivity contribution in [2.75, 3.05) is 42.7 Å². The zero-order chi connectivity index (χ0) is 35.1. The van der Waals surface area contributed by atoms with Crippen LogP contribution in [0.1, 0.15) is 56.9 Å². The first-order valence-electron chi connectivity index (χ1n) is 15.0. The molecule has 2 aliphatic rings. The number of methoxy groups -OCH3 is 6. The molecule has 0 amide bonds. The van der Waals surface area contributed by atoms with Gasteiger partial charge in [0.2, 0.25) is 5.75 Å². The van der Waals surface area contributed by atoms with Crippen LogP contribution < -0.4 is 37.9 Å². The number of carbonyl (C=O) groups is 2. The van der Waals surface area contributed by atoms with Crippen LogP contribution in [0.15, 0.2) is 42.5 Å². The Morgan fingerprint density at radius 3 is 1.71 bits per heavy atom. The van der Waals surface area contributed by atoms with Crippen LogP contribution in [0, 0.1) is 0 Å². The van der Waals surface area contributed by atoms with Gasteiger partial charge in [-0.05, 0) is 29.8 Å². The fourth-order valence-electron chi connectivity index (χ4n) is 6.24. The average Bonchev–Trinajstić information content (AvgIpc) is 3.10. The number of rotatable bonds is 9. The van der Waals surface area contributed by atoms with E-state index in [1.165, 1.54) is 73.0 Å². The molecule has 3 N–H and O–H groups in total. The molecule has 13 nitrogen and oxygen atoms in total. The lowest BCUT2D eigenvalue weighted by molar-refractivity contribution is 0.0833. The first kappa shape index (κ1) is 32.9. The number of phenols is 3. The van der Waals surface area contributed by atoms with Crippen molar-refractivity contribution < 1.29 is 62.8 Å². The number of benzene rings is 4. The van der Waals surface area contributed by atoms with Crippen molar-refractivity contribution in [3.8, 4) is 74.4 Å². The molecule has 0 unspecified atom stereocenters. The Morgan fingerprint density at radius 1 is 0.571 bits per heavy atom. The summed E-state index contributed by atoms with van der Waals surface area (Å²) in [4.78, 5) is 27.0. The monoisotopic (exact) mass is 674 g/mol. The Labute approximate surface area is 281 Å². The standard InChI is InChI=1S/C36H34O13/c1-42-18-11-20(37)32-21(38)13-24(48-27(32)12-18)16-7-19(35(47-6)30(10-16)46-5)31-26(43-2)15-23(40)33-22(39)14-25(49-36(31)33)17-8-28(44-3)34(41)29(9-17)45-4/h7-12,15,24-25,37,40-41H,13-14H2,1-6H3/t24-,25-/m0/s1. The maximum atomic E-state index is 13.7. The normalized spacial score (nSPS) is 16.4. The molecule has 0 spiro atoms. The molecule has 4 aromatic rings. The van der Waals surface area contributed by atoms with Gasteiger partial charge in [-0.3, -0.25) is 9.59 Å². The third kappa shape index (κ3) is 5.56. The maximum Gasteiger partial charge on any atom is 0.200 e. The molecular formula is C36H34O13. The second-order valence-electron chi connectivity index (χ2n) is 11.2. The Hall–Kier alpha value is -5.98. The minimum absolute atomic E-state index is 0.00209. The van der Waals surface area contributed by atoms with Crippen LogP contribution in [0.2, 0.25) is 0 Å². The van der Waals surface area contributed by atoms with Crippen LogP contribution in [-0.4, -0.2) is 69.5 Å². The summed E-state index contributed by atoms with van der Waals surface area (Å²) in [6.07, 6.45) is -2.01. The average molecular weight is 675 g/mol. The zero-order valence-electron chi connectivity index (χ0n) is 27.5. The molecule has 2 heterocycles. The van der Waals surface area contributed by atoms with Gasteiger partial charge in [0.15, 0.2) is 34.6 Å². The summed E-state index contributed by atoms with van der Waals surface area (Å²) in [5.41, 5.74) is 1.52. The van der Waals surface area contributed by atoms with Crippen LogP contribution in [0.3, 0.4) is 0 Å². The molecule has 2 aliphatic heterocycles. The number of Topliss-reactive ketones (excluding diaryl/α,β-unsaturated/α-hetero) is 2. The third-order valence-corrected chi connectivity index (χ3v) is 8.58. The summed E-state index contributed by atoms with van der Waals surface area (Å²) in [6, 6.07) is 10.6. The van der Waals surface area contributed by atoms with Gasteiger partial charge >= 0.3 is 0 Å². The zero-order valence-corrected chi connectivity index (χ0v) is 27.5. The van der Waals surface area contributed by atoms with E-state index in [1.54, 1.807) is 12.1 Å². The maximum absolute atomic E-state index is 13.7. The fourth-order valence-corrected chi connectivity index (χ4v) is 6.24. The van der Waals surface area contributed by atoms with E-state index in [2.05, 4.69) is 0 Å². The van der Waals surface area contributed by atoms with Crippen molar-refractivity contribution in [2.24, 2.45) is 0 Å². The summed E-state index contributed by atoms with van der Waals surface area (Å²) in [7, 11) is 8.49. The van der Waals surface area contributed by atoms with Gasteiger partial charge in [-0.15, -0.1) is 0 Å². The second kappa shape index (κ2) is 12.9. The molecule has 0 bridgehead atoms. The molecule has 6 rings (SSSR count). The largest absolute Gasteiger partial charge is 0.507 e. The van der Waals surface area contributed by atoms with E-state index in [9.17, 15) is 24.9 Å². The van der Waals surface area contributed by atoms with Gasteiger partial charge in [-0.1, -0.05) is 0 Å². The number of fused-ring (bicyclic) bond motifs is 2. The van der Waals surface area contributed by atoms with Gasteiger partial charge in [0.1, 0.15) is 57.8 Å². The Kier molecular flexibility index (Phi) is 8.68. The van der Waals surface area contributed by atoms with E-state index >= 15 is 0 Å². The van der Waals surface area contributed by atoms with Gasteiger partial charge < -0.3 is 53.2 Å². The number of ketones is 2. The Balaban J connectivity index is 1.54. The highest BCUT2D eigenvalue weighted by Gasteiger charge is 2.38. The Bertz CT molecular complexity index is 1960. The van der Waals surface area contributed by atoms with Gasteiger partial charge in [0, 0.05) is 29.3 Å². The van der Waals surface area contributed by atoms with Crippen LogP contribution in [-0.2, 0) is 0 Å². The van der Waals surface area contributed by atoms with E-state index in [1.807, 2.05) is 0 Å². The van der Waals surface area contributed by atoms with Crippen LogP contribution in [0.5, 0.6) is 63.2 Å². The number of phenolic OH excluding ortho intramolecular Hbond substituents is 3. The number of hydrogen-bond acceptors (Lipinski definition) is 13. The van der Waals surface area contributed by atoms with Gasteiger partial charge in [-0.2, -0.15) is 0 Å². The first-order valence-corrected chi connectivity index (χ1v) is 15.0. The predicted octanol–water partition coefficient (Wildman–Crippen LogP) is 5.94. The second-order valence-corrected chi connectivity index (χ2v) is 11.2. The van der Waals surface area contributed by atoms with Crippen LogP contribution >= 0.6 is 0 Å². The summed E-state index contributed by atoms with van der Waals surface area (Å²) in [5, 5.41) is 32.0. The quantitative estimate of drug-likeness (QED) is 0.191. The highest BCUT2D eigenvalue weighted by molar-refractivity contribution is 6.06. The van der Waals surface area contributed by atoms with Crippen molar-refractivity contribution in [2.45, 2.75) is 25.0 Å². The molecule has 4 aromatic carbocycles. The molecule has 13 heteroatoms. The van der Waals surface area contributed by atoms with E-state index in [0.29, 0.717) is 22.4 Å². The number of ether oxygens (including phenoxy) is 8. The van der Waals surface area contributed by atoms with Crippen LogP contribution in [0.4, 0.5) is 0 Å². The van der Waals surface area contributed by atoms with Crippen molar-refractivity contribution in [1.82, 2.24) is 0 Å². The summed E-state index contributed by atoms with van der Waals surface area (Å²) in [6.45, 7) is 0. The van der Waals surface area contributed by atoms with Gasteiger partial charge in [-0.25, -0.2) is 0 Å². The van der Waals surface area contributed by atoms with E-state index < -0.39 is 18.0 Å². The van der Waals surface area contributed by atoms with E-state index in [0.717, 1.165) is 0 Å². The van der Waals surface area contributed by atoms with Crippen molar-refractivity contribution in [3.05, 3.63) is 64.7 Å². The summed E-state index contributed by atoms with van der Waals surface area (Å²) >= 11 is 0. The highest BCUT2D eigenvalue weighted by atomic mass is 16.5.